The molecule has 7 nitrogen and oxygen atoms in total. The Balaban J connectivity index is 2.35. The standard InChI is InChI=1S/C9H12N4O3S/c1-6(5-16-2)10-7-8(13(14)15)12-3-4-17-9(12)11-7/h3-4,6,10H,5H2,1-2H3. The first-order valence-electron chi connectivity index (χ1n) is 4.99. The Kier molecular flexibility index (Phi) is 3.25. The maximum absolute atomic E-state index is 11.0. The molecular formula is C9H12N4O3S. The molecule has 0 aliphatic rings. The van der Waals surface area contributed by atoms with Crippen molar-refractivity contribution in [3.05, 3.63) is 21.7 Å². The molecule has 2 aromatic heterocycles. The zero-order valence-electron chi connectivity index (χ0n) is 9.41. The molecule has 1 N–H and O–H groups in total. The van der Waals surface area contributed by atoms with E-state index >= 15 is 0 Å². The number of fused-ring (bicyclic) bond motifs is 1. The molecule has 0 radical (unpaired) electrons. The van der Waals surface area contributed by atoms with Gasteiger partial charge in [-0.15, -0.1) is 0 Å². The van der Waals surface area contributed by atoms with Crippen LogP contribution in [0.2, 0.25) is 0 Å². The Labute approximate surface area is 101 Å². The number of rotatable bonds is 5. The molecule has 0 saturated heterocycles. The molecule has 92 valence electrons. The van der Waals surface area contributed by atoms with Crippen molar-refractivity contribution in [2.75, 3.05) is 19.0 Å². The van der Waals surface area contributed by atoms with E-state index in [1.54, 1.807) is 18.7 Å². The lowest BCUT2D eigenvalue weighted by Gasteiger charge is -2.11. The van der Waals surface area contributed by atoms with Crippen LogP contribution in [0.1, 0.15) is 6.92 Å². The van der Waals surface area contributed by atoms with Crippen molar-refractivity contribution >= 4 is 27.9 Å². The molecule has 1 unspecified atom stereocenters. The molecule has 0 aliphatic carbocycles. The minimum atomic E-state index is -0.436. The monoisotopic (exact) mass is 256 g/mol. The van der Waals surface area contributed by atoms with Gasteiger partial charge in [-0.3, -0.25) is 0 Å². The van der Waals surface area contributed by atoms with Crippen molar-refractivity contribution in [3.8, 4) is 0 Å². The van der Waals surface area contributed by atoms with Gasteiger partial charge in [-0.25, -0.2) is 0 Å². The van der Waals surface area contributed by atoms with Gasteiger partial charge >= 0.3 is 5.82 Å². The molecule has 0 fully saturated rings. The predicted octanol–water partition coefficient (Wildman–Crippen LogP) is 1.75. The fraction of sp³-hybridized carbons (Fsp3) is 0.444. The van der Waals surface area contributed by atoms with Crippen LogP contribution >= 0.6 is 11.3 Å². The van der Waals surface area contributed by atoms with Crippen LogP contribution < -0.4 is 5.32 Å². The molecule has 17 heavy (non-hydrogen) atoms. The third-order valence-corrected chi connectivity index (χ3v) is 2.97. The number of hydrogen-bond acceptors (Lipinski definition) is 6. The van der Waals surface area contributed by atoms with Crippen LogP contribution in [0.5, 0.6) is 0 Å². The van der Waals surface area contributed by atoms with Gasteiger partial charge in [-0.1, -0.05) is 11.3 Å². The molecule has 1 atom stereocenters. The summed E-state index contributed by atoms with van der Waals surface area (Å²) in [7, 11) is 1.58. The van der Waals surface area contributed by atoms with Crippen molar-refractivity contribution < 1.29 is 9.66 Å². The quantitative estimate of drug-likeness (QED) is 0.651. The molecule has 2 rings (SSSR count). The highest BCUT2D eigenvalue weighted by molar-refractivity contribution is 7.15. The second-order valence-corrected chi connectivity index (χ2v) is 4.47. The lowest BCUT2D eigenvalue weighted by Crippen LogP contribution is -2.21. The van der Waals surface area contributed by atoms with E-state index in [1.165, 1.54) is 15.7 Å². The maximum Gasteiger partial charge on any atom is 0.372 e. The van der Waals surface area contributed by atoms with Crippen LogP contribution in [0.15, 0.2) is 11.6 Å². The number of ether oxygens (including phenoxy) is 1. The summed E-state index contributed by atoms with van der Waals surface area (Å²) >= 11 is 1.36. The van der Waals surface area contributed by atoms with Gasteiger partial charge in [0.05, 0.1) is 6.61 Å². The van der Waals surface area contributed by atoms with Gasteiger partial charge in [0, 0.05) is 18.5 Å². The SMILES string of the molecule is COCC(C)Nc1nc2sccn2c1[N+](=O)[O-]. The van der Waals surface area contributed by atoms with E-state index < -0.39 is 4.92 Å². The molecule has 0 amide bonds. The summed E-state index contributed by atoms with van der Waals surface area (Å²) in [6.07, 6.45) is 1.64. The second kappa shape index (κ2) is 4.68. The van der Waals surface area contributed by atoms with E-state index in [-0.39, 0.29) is 17.7 Å². The molecule has 2 aromatic rings. The first kappa shape index (κ1) is 11.8. The van der Waals surface area contributed by atoms with Crippen molar-refractivity contribution in [3.63, 3.8) is 0 Å². The van der Waals surface area contributed by atoms with E-state index in [4.69, 9.17) is 4.74 Å². The zero-order valence-corrected chi connectivity index (χ0v) is 10.2. The topological polar surface area (TPSA) is 81.7 Å². The van der Waals surface area contributed by atoms with Crippen molar-refractivity contribution in [2.24, 2.45) is 0 Å². The highest BCUT2D eigenvalue weighted by atomic mass is 32.1. The lowest BCUT2D eigenvalue weighted by molar-refractivity contribution is -0.389. The van der Waals surface area contributed by atoms with Gasteiger partial charge in [-0.2, -0.15) is 9.38 Å². The number of nitrogens with one attached hydrogen (secondary N) is 1. The number of anilines is 1. The fourth-order valence-corrected chi connectivity index (χ4v) is 2.28. The van der Waals surface area contributed by atoms with Crippen molar-refractivity contribution in [1.29, 1.82) is 0 Å². The number of hydrogen-bond donors (Lipinski definition) is 1. The minimum Gasteiger partial charge on any atom is -0.383 e. The van der Waals surface area contributed by atoms with Gasteiger partial charge in [0.15, 0.2) is 0 Å². The first-order valence-corrected chi connectivity index (χ1v) is 5.87. The molecule has 0 aliphatic heterocycles. The molecule has 8 heteroatoms. The Morgan fingerprint density at radius 1 is 1.76 bits per heavy atom. The third-order valence-electron chi connectivity index (χ3n) is 2.21. The Bertz CT molecular complexity index is 535. The summed E-state index contributed by atoms with van der Waals surface area (Å²) in [6.45, 7) is 2.34. The average molecular weight is 256 g/mol. The highest BCUT2D eigenvalue weighted by Crippen LogP contribution is 2.28. The predicted molar refractivity (Wildman–Crippen MR) is 64.7 cm³/mol. The number of nitro groups is 1. The largest absolute Gasteiger partial charge is 0.383 e. The Morgan fingerprint density at radius 2 is 2.53 bits per heavy atom. The summed E-state index contributed by atoms with van der Waals surface area (Å²) in [5.74, 6) is 0.246. The molecular weight excluding hydrogens is 244 g/mol. The number of methoxy groups -OCH3 is 1. The van der Waals surface area contributed by atoms with Crippen LogP contribution in [0.4, 0.5) is 11.6 Å². The number of aromatic nitrogens is 2. The van der Waals surface area contributed by atoms with Gasteiger partial charge in [-0.05, 0) is 11.8 Å². The van der Waals surface area contributed by atoms with E-state index in [2.05, 4.69) is 10.3 Å². The van der Waals surface area contributed by atoms with E-state index in [9.17, 15) is 10.1 Å². The van der Waals surface area contributed by atoms with Crippen molar-refractivity contribution in [2.45, 2.75) is 13.0 Å². The number of thiazole rings is 1. The van der Waals surface area contributed by atoms with Gasteiger partial charge < -0.3 is 20.2 Å². The number of nitrogens with zero attached hydrogens (tertiary/aromatic N) is 3. The molecule has 0 saturated carbocycles. The van der Waals surface area contributed by atoms with Crippen LogP contribution in [0.3, 0.4) is 0 Å². The zero-order chi connectivity index (χ0) is 12.4. The maximum atomic E-state index is 11.0. The summed E-state index contributed by atoms with van der Waals surface area (Å²) in [4.78, 5) is 15.4. The Morgan fingerprint density at radius 3 is 3.18 bits per heavy atom. The summed E-state index contributed by atoms with van der Waals surface area (Å²) in [5, 5.41) is 15.8. The summed E-state index contributed by atoms with van der Waals surface area (Å²) < 4.78 is 6.43. The van der Waals surface area contributed by atoms with E-state index in [0.29, 0.717) is 11.6 Å². The normalized spacial score (nSPS) is 12.8. The van der Waals surface area contributed by atoms with E-state index in [1.807, 2.05) is 6.92 Å². The second-order valence-electron chi connectivity index (χ2n) is 3.60. The van der Waals surface area contributed by atoms with Gasteiger partial charge in [0.25, 0.3) is 4.96 Å². The van der Waals surface area contributed by atoms with Gasteiger partial charge in [0.1, 0.15) is 6.20 Å². The average Bonchev–Trinajstić information content (AvgIpc) is 2.76. The van der Waals surface area contributed by atoms with Crippen molar-refractivity contribution in [1.82, 2.24) is 9.38 Å². The van der Waals surface area contributed by atoms with Crippen LogP contribution in [0.25, 0.3) is 4.96 Å². The van der Waals surface area contributed by atoms with Crippen LogP contribution in [-0.2, 0) is 4.74 Å². The summed E-state index contributed by atoms with van der Waals surface area (Å²) in [5.41, 5.74) is 0. The molecule has 2 heterocycles. The van der Waals surface area contributed by atoms with Crippen LogP contribution in [0, 0.1) is 10.1 Å². The molecule has 0 bridgehead atoms. The lowest BCUT2D eigenvalue weighted by atomic mass is 10.3. The smallest absolute Gasteiger partial charge is 0.372 e. The third kappa shape index (κ3) is 2.22. The number of imidazole rings is 1. The van der Waals surface area contributed by atoms with Gasteiger partial charge in [0.2, 0.25) is 5.82 Å². The molecule has 0 aromatic carbocycles. The summed E-state index contributed by atoms with van der Waals surface area (Å²) in [6, 6.07) is -0.0386. The molecule has 0 spiro atoms. The minimum absolute atomic E-state index is 0.0378. The fourth-order valence-electron chi connectivity index (χ4n) is 1.57. The Hall–Kier alpha value is -1.67. The first-order chi connectivity index (χ1) is 8.13. The van der Waals surface area contributed by atoms with Crippen LogP contribution in [-0.4, -0.2) is 34.1 Å². The highest BCUT2D eigenvalue weighted by Gasteiger charge is 2.24. The van der Waals surface area contributed by atoms with E-state index in [0.717, 1.165) is 0 Å².